The van der Waals surface area contributed by atoms with Crippen molar-refractivity contribution in [3.8, 4) is 5.75 Å². The normalized spacial score (nSPS) is 11.1. The molecule has 29 heavy (non-hydrogen) atoms. The van der Waals surface area contributed by atoms with E-state index in [4.69, 9.17) is 4.74 Å². The van der Waals surface area contributed by atoms with Crippen LogP contribution in [0.2, 0.25) is 0 Å². The molecule has 0 unspecified atom stereocenters. The average molecular weight is 432 g/mol. The van der Waals surface area contributed by atoms with Crippen LogP contribution in [0.25, 0.3) is 0 Å². The molecule has 0 aliphatic rings. The maximum absolute atomic E-state index is 12.4. The summed E-state index contributed by atoms with van der Waals surface area (Å²) in [7, 11) is -3.72. The van der Waals surface area contributed by atoms with E-state index in [0.717, 1.165) is 18.6 Å². The van der Waals surface area contributed by atoms with E-state index in [1.54, 1.807) is 29.6 Å². The number of hydrogen-bond acceptors (Lipinski definition) is 6. The van der Waals surface area contributed by atoms with Gasteiger partial charge in [0.2, 0.25) is 0 Å². The van der Waals surface area contributed by atoms with Gasteiger partial charge in [-0.05, 0) is 55.0 Å². The summed E-state index contributed by atoms with van der Waals surface area (Å²) in [4.78, 5) is 16.4. The number of nitrogens with zero attached hydrogens (tertiary/aromatic N) is 1. The predicted molar refractivity (Wildman–Crippen MR) is 114 cm³/mol. The number of nitrogens with one attached hydrogen (secondary N) is 2. The fourth-order valence-corrected chi connectivity index (χ4v) is 4.19. The molecule has 0 aliphatic heterocycles. The predicted octanol–water partition coefficient (Wildman–Crippen LogP) is 4.38. The number of aromatic nitrogens is 1. The number of rotatable bonds is 9. The van der Waals surface area contributed by atoms with E-state index in [1.165, 1.54) is 41.8 Å². The minimum absolute atomic E-state index is 0.0827. The van der Waals surface area contributed by atoms with Gasteiger partial charge in [0.25, 0.3) is 15.9 Å². The van der Waals surface area contributed by atoms with Crippen LogP contribution in [-0.2, 0) is 10.0 Å². The van der Waals surface area contributed by atoms with Crippen molar-refractivity contribution in [3.05, 3.63) is 65.7 Å². The van der Waals surface area contributed by atoms with Crippen LogP contribution < -0.4 is 14.8 Å². The van der Waals surface area contributed by atoms with Crippen LogP contribution in [0.3, 0.4) is 0 Å². The molecule has 1 heterocycles. The topological polar surface area (TPSA) is 97.4 Å². The van der Waals surface area contributed by atoms with Crippen LogP contribution in [0.15, 0.2) is 65.0 Å². The van der Waals surface area contributed by atoms with Gasteiger partial charge in [-0.1, -0.05) is 13.3 Å². The third kappa shape index (κ3) is 5.78. The summed E-state index contributed by atoms with van der Waals surface area (Å²) in [6, 6.07) is 12.8. The lowest BCUT2D eigenvalue weighted by atomic mass is 10.2. The van der Waals surface area contributed by atoms with Crippen molar-refractivity contribution in [2.45, 2.75) is 24.7 Å². The number of carbonyl (C=O) groups is 1. The Bertz CT molecular complexity index is 1030. The Kier molecular flexibility index (Phi) is 6.84. The van der Waals surface area contributed by atoms with Gasteiger partial charge in [0.1, 0.15) is 5.75 Å². The summed E-state index contributed by atoms with van der Waals surface area (Å²) in [6.45, 7) is 2.74. The van der Waals surface area contributed by atoms with Crippen molar-refractivity contribution in [2.75, 3.05) is 16.6 Å². The Morgan fingerprint density at radius 1 is 1.10 bits per heavy atom. The fourth-order valence-electron chi connectivity index (χ4n) is 2.41. The molecular weight excluding hydrogens is 410 g/mol. The van der Waals surface area contributed by atoms with E-state index >= 15 is 0 Å². The Morgan fingerprint density at radius 3 is 2.45 bits per heavy atom. The Labute approximate surface area is 173 Å². The van der Waals surface area contributed by atoms with Gasteiger partial charge in [-0.3, -0.25) is 9.52 Å². The number of carbonyl (C=O) groups excluding carboxylic acids is 1. The van der Waals surface area contributed by atoms with Gasteiger partial charge in [-0.2, -0.15) is 0 Å². The second-order valence-electron chi connectivity index (χ2n) is 6.15. The Balaban J connectivity index is 1.61. The molecule has 0 spiro atoms. The zero-order valence-electron chi connectivity index (χ0n) is 15.8. The van der Waals surface area contributed by atoms with Crippen LogP contribution >= 0.6 is 11.3 Å². The first kappa shape index (κ1) is 20.8. The molecule has 3 rings (SSSR count). The first-order valence-corrected chi connectivity index (χ1v) is 11.4. The molecule has 0 bridgehead atoms. The second-order valence-corrected chi connectivity index (χ2v) is 8.72. The van der Waals surface area contributed by atoms with E-state index in [2.05, 4.69) is 21.9 Å². The number of benzene rings is 2. The highest BCUT2D eigenvalue weighted by atomic mass is 32.2. The van der Waals surface area contributed by atoms with Crippen LogP contribution in [0, 0.1) is 0 Å². The lowest BCUT2D eigenvalue weighted by molar-refractivity contribution is 0.102. The zero-order chi connectivity index (χ0) is 20.7. The Morgan fingerprint density at radius 2 is 1.83 bits per heavy atom. The summed E-state index contributed by atoms with van der Waals surface area (Å²) in [6.07, 6.45) is 3.56. The van der Waals surface area contributed by atoms with Gasteiger partial charge in [0.15, 0.2) is 5.13 Å². The third-order valence-electron chi connectivity index (χ3n) is 3.96. The molecule has 1 aromatic heterocycles. The minimum Gasteiger partial charge on any atom is -0.494 e. The van der Waals surface area contributed by atoms with Crippen molar-refractivity contribution in [3.63, 3.8) is 0 Å². The first-order valence-electron chi connectivity index (χ1n) is 9.04. The van der Waals surface area contributed by atoms with Crippen LogP contribution in [0.5, 0.6) is 5.75 Å². The maximum Gasteiger partial charge on any atom is 0.263 e. The molecule has 3 aromatic rings. The van der Waals surface area contributed by atoms with Crippen LogP contribution in [0.1, 0.15) is 30.1 Å². The van der Waals surface area contributed by atoms with Crippen LogP contribution in [0.4, 0.5) is 10.8 Å². The maximum atomic E-state index is 12.4. The summed E-state index contributed by atoms with van der Waals surface area (Å²) in [5.74, 6) is 0.430. The van der Waals surface area contributed by atoms with Gasteiger partial charge in [-0.25, -0.2) is 13.4 Å². The van der Waals surface area contributed by atoms with E-state index < -0.39 is 10.0 Å². The molecule has 0 saturated heterocycles. The zero-order valence-corrected chi connectivity index (χ0v) is 17.4. The van der Waals surface area contributed by atoms with Crippen molar-refractivity contribution < 1.29 is 17.9 Å². The molecule has 0 radical (unpaired) electrons. The summed E-state index contributed by atoms with van der Waals surface area (Å²) in [5.41, 5.74) is 0.974. The number of anilines is 2. The van der Waals surface area contributed by atoms with Gasteiger partial charge in [-0.15, -0.1) is 11.3 Å². The SMILES string of the molecule is CCCCOc1ccc(C(=O)Nc2ccc(S(=O)(=O)Nc3nccs3)cc2)cc1. The van der Waals surface area contributed by atoms with E-state index in [0.29, 0.717) is 23.0 Å². The number of unbranched alkanes of at least 4 members (excludes halogenated alkanes) is 1. The lowest BCUT2D eigenvalue weighted by Gasteiger charge is -2.09. The van der Waals surface area contributed by atoms with E-state index in [9.17, 15) is 13.2 Å². The highest BCUT2D eigenvalue weighted by Gasteiger charge is 2.15. The van der Waals surface area contributed by atoms with Crippen molar-refractivity contribution in [1.82, 2.24) is 4.98 Å². The van der Waals surface area contributed by atoms with Crippen LogP contribution in [-0.4, -0.2) is 25.9 Å². The fraction of sp³-hybridized carbons (Fsp3) is 0.200. The number of hydrogen-bond donors (Lipinski definition) is 2. The summed E-state index contributed by atoms with van der Waals surface area (Å²) >= 11 is 1.19. The summed E-state index contributed by atoms with van der Waals surface area (Å²) in [5, 5.41) is 4.73. The quantitative estimate of drug-likeness (QED) is 0.490. The average Bonchev–Trinajstić information content (AvgIpc) is 3.21. The highest BCUT2D eigenvalue weighted by molar-refractivity contribution is 7.93. The largest absolute Gasteiger partial charge is 0.494 e. The number of sulfonamides is 1. The molecule has 9 heteroatoms. The smallest absolute Gasteiger partial charge is 0.263 e. The van der Waals surface area contributed by atoms with Crippen molar-refractivity contribution in [2.24, 2.45) is 0 Å². The van der Waals surface area contributed by atoms with Gasteiger partial charge < -0.3 is 10.1 Å². The first-order chi connectivity index (χ1) is 14.0. The molecule has 0 atom stereocenters. The molecule has 152 valence electrons. The molecule has 2 N–H and O–H groups in total. The molecule has 7 nitrogen and oxygen atoms in total. The van der Waals surface area contributed by atoms with Crippen molar-refractivity contribution >= 4 is 38.1 Å². The van der Waals surface area contributed by atoms with Gasteiger partial charge in [0.05, 0.1) is 11.5 Å². The number of amides is 1. The van der Waals surface area contributed by atoms with Crippen molar-refractivity contribution in [1.29, 1.82) is 0 Å². The van der Waals surface area contributed by atoms with E-state index in [-0.39, 0.29) is 10.8 Å². The second kappa shape index (κ2) is 9.53. The third-order valence-corrected chi connectivity index (χ3v) is 6.13. The molecule has 1 amide bonds. The molecule has 0 saturated carbocycles. The van der Waals surface area contributed by atoms with Gasteiger partial charge in [0, 0.05) is 22.8 Å². The molecule has 0 aliphatic carbocycles. The summed E-state index contributed by atoms with van der Waals surface area (Å²) < 4.78 is 32.7. The highest BCUT2D eigenvalue weighted by Crippen LogP contribution is 2.20. The lowest BCUT2D eigenvalue weighted by Crippen LogP contribution is -2.14. The van der Waals surface area contributed by atoms with E-state index in [1.807, 2.05) is 0 Å². The van der Waals surface area contributed by atoms with Gasteiger partial charge >= 0.3 is 0 Å². The number of ether oxygens (including phenoxy) is 1. The molecule has 2 aromatic carbocycles. The monoisotopic (exact) mass is 431 g/mol. The minimum atomic E-state index is -3.72. The standard InChI is InChI=1S/C20H21N3O4S2/c1-2-3-13-27-17-8-4-15(5-9-17)19(24)22-16-6-10-18(11-7-16)29(25,26)23-20-21-12-14-28-20/h4-12,14H,2-3,13H2,1H3,(H,21,23)(H,22,24). The Hall–Kier alpha value is -2.91. The number of thiazole rings is 1. The molecular formula is C20H21N3O4S2. The molecule has 0 fully saturated rings.